The summed E-state index contributed by atoms with van der Waals surface area (Å²) < 4.78 is 20.5. The average molecular weight is 296 g/mol. The van der Waals surface area contributed by atoms with Crippen LogP contribution >= 0.6 is 0 Å². The third kappa shape index (κ3) is 1.82. The zero-order chi connectivity index (χ0) is 15.3. The van der Waals surface area contributed by atoms with Crippen LogP contribution in [0.3, 0.4) is 0 Å². The molecule has 0 radical (unpaired) electrons. The zero-order valence-corrected chi connectivity index (χ0v) is 11.9. The third-order valence-electron chi connectivity index (χ3n) is 3.87. The molecule has 4 nitrogen and oxygen atoms in total. The topological polar surface area (TPSA) is 44.1 Å². The number of rotatable bonds is 1. The molecular formula is C17H13FN2O2. The van der Waals surface area contributed by atoms with Crippen LogP contribution in [0.25, 0.3) is 16.7 Å². The lowest BCUT2D eigenvalue weighted by molar-refractivity contribution is 0.257. The lowest BCUT2D eigenvalue weighted by Gasteiger charge is -2.12. The molecule has 0 amide bonds. The molecule has 1 aliphatic heterocycles. The van der Waals surface area contributed by atoms with Crippen LogP contribution in [0, 0.1) is 5.82 Å². The van der Waals surface area contributed by atoms with Gasteiger partial charge in [-0.3, -0.25) is 9.36 Å². The Bertz CT molecular complexity index is 932. The molecule has 3 heterocycles. The summed E-state index contributed by atoms with van der Waals surface area (Å²) in [5, 5.41) is 0.797. The Labute approximate surface area is 125 Å². The summed E-state index contributed by atoms with van der Waals surface area (Å²) >= 11 is 0. The quantitative estimate of drug-likeness (QED) is 0.693. The summed E-state index contributed by atoms with van der Waals surface area (Å²) in [6, 6.07) is 9.53. The number of nitrogens with zero attached hydrogens (tertiary/aromatic N) is 2. The molecule has 0 bridgehead atoms. The van der Waals surface area contributed by atoms with E-state index in [-0.39, 0.29) is 17.5 Å². The van der Waals surface area contributed by atoms with Gasteiger partial charge < -0.3 is 4.74 Å². The van der Waals surface area contributed by atoms with Crippen molar-refractivity contribution >= 4 is 11.0 Å². The fraction of sp³-hybridized carbons (Fsp3) is 0.176. The van der Waals surface area contributed by atoms with E-state index in [1.807, 2.05) is 19.1 Å². The van der Waals surface area contributed by atoms with Gasteiger partial charge in [0, 0.05) is 12.6 Å². The third-order valence-corrected chi connectivity index (χ3v) is 3.87. The molecule has 1 aliphatic rings. The molecule has 0 saturated carbocycles. The van der Waals surface area contributed by atoms with Crippen LogP contribution in [-0.4, -0.2) is 15.7 Å². The molecule has 1 aromatic carbocycles. The normalized spacial score (nSPS) is 16.5. The minimum absolute atomic E-state index is 0.0322. The van der Waals surface area contributed by atoms with Crippen molar-refractivity contribution in [2.75, 3.05) is 0 Å². The molecular weight excluding hydrogens is 283 g/mol. The van der Waals surface area contributed by atoms with Crippen molar-refractivity contribution in [2.24, 2.45) is 0 Å². The molecule has 0 spiro atoms. The summed E-state index contributed by atoms with van der Waals surface area (Å²) in [5.41, 5.74) is 1.61. The summed E-state index contributed by atoms with van der Waals surface area (Å²) in [5.74, 6) is 0.283. The smallest absolute Gasteiger partial charge is 0.263 e. The second-order valence-electron chi connectivity index (χ2n) is 5.43. The van der Waals surface area contributed by atoms with Crippen LogP contribution in [0.15, 0.2) is 47.4 Å². The SMILES string of the molecule is CC1Cc2c(c3cccnc3n(-c3ccc(F)cc3)c2=O)O1. The number of ether oxygens (including phenoxy) is 1. The van der Waals surface area contributed by atoms with E-state index in [1.54, 1.807) is 18.3 Å². The van der Waals surface area contributed by atoms with Gasteiger partial charge in [0.15, 0.2) is 5.65 Å². The summed E-state index contributed by atoms with van der Waals surface area (Å²) in [7, 11) is 0. The van der Waals surface area contributed by atoms with E-state index in [4.69, 9.17) is 4.74 Å². The second kappa shape index (κ2) is 4.66. The van der Waals surface area contributed by atoms with Crippen molar-refractivity contribution in [3.8, 4) is 11.4 Å². The minimum Gasteiger partial charge on any atom is -0.489 e. The number of hydrogen-bond donors (Lipinski definition) is 0. The number of hydrogen-bond acceptors (Lipinski definition) is 3. The summed E-state index contributed by atoms with van der Waals surface area (Å²) in [6.07, 6.45) is 2.17. The highest BCUT2D eigenvalue weighted by atomic mass is 19.1. The number of pyridine rings is 2. The summed E-state index contributed by atoms with van der Waals surface area (Å²) in [6.45, 7) is 1.93. The lowest BCUT2D eigenvalue weighted by atomic mass is 10.1. The van der Waals surface area contributed by atoms with E-state index in [1.165, 1.54) is 16.7 Å². The van der Waals surface area contributed by atoms with Gasteiger partial charge in [0.25, 0.3) is 5.56 Å². The lowest BCUT2D eigenvalue weighted by Crippen LogP contribution is -2.22. The summed E-state index contributed by atoms with van der Waals surface area (Å²) in [4.78, 5) is 17.2. The maximum Gasteiger partial charge on any atom is 0.263 e. The first kappa shape index (κ1) is 13.0. The molecule has 3 aromatic rings. The van der Waals surface area contributed by atoms with Crippen LogP contribution in [0.4, 0.5) is 4.39 Å². The van der Waals surface area contributed by atoms with Crippen molar-refractivity contribution < 1.29 is 9.13 Å². The standard InChI is InChI=1S/C17H13FN2O2/c1-10-9-14-15(22-10)13-3-2-8-19-16(13)20(17(14)21)12-6-4-11(18)5-7-12/h2-8,10H,9H2,1H3. The average Bonchev–Trinajstić information content (AvgIpc) is 2.92. The van der Waals surface area contributed by atoms with Gasteiger partial charge in [-0.2, -0.15) is 0 Å². The number of benzene rings is 1. The fourth-order valence-electron chi connectivity index (χ4n) is 2.92. The van der Waals surface area contributed by atoms with Gasteiger partial charge in [-0.25, -0.2) is 9.37 Å². The molecule has 0 aliphatic carbocycles. The van der Waals surface area contributed by atoms with E-state index in [9.17, 15) is 9.18 Å². The predicted molar refractivity (Wildman–Crippen MR) is 81.1 cm³/mol. The van der Waals surface area contributed by atoms with Crippen molar-refractivity contribution in [3.05, 3.63) is 64.3 Å². The van der Waals surface area contributed by atoms with Gasteiger partial charge in [-0.15, -0.1) is 0 Å². The van der Waals surface area contributed by atoms with Crippen LogP contribution < -0.4 is 10.3 Å². The number of aromatic nitrogens is 2. The maximum absolute atomic E-state index is 13.2. The van der Waals surface area contributed by atoms with E-state index < -0.39 is 0 Å². The molecule has 5 heteroatoms. The highest BCUT2D eigenvalue weighted by molar-refractivity contribution is 5.85. The fourth-order valence-corrected chi connectivity index (χ4v) is 2.92. The Hall–Kier alpha value is -2.69. The maximum atomic E-state index is 13.2. The Balaban J connectivity index is 2.11. The Morgan fingerprint density at radius 2 is 2.05 bits per heavy atom. The van der Waals surface area contributed by atoms with E-state index in [0.717, 1.165) is 5.39 Å². The minimum atomic E-state index is -0.341. The van der Waals surface area contributed by atoms with Gasteiger partial charge in [-0.1, -0.05) is 0 Å². The van der Waals surface area contributed by atoms with Gasteiger partial charge in [0.1, 0.15) is 17.7 Å². The van der Waals surface area contributed by atoms with Crippen molar-refractivity contribution in [2.45, 2.75) is 19.4 Å². The highest BCUT2D eigenvalue weighted by Crippen LogP contribution is 2.33. The first-order valence-corrected chi connectivity index (χ1v) is 7.10. The zero-order valence-electron chi connectivity index (χ0n) is 11.9. The monoisotopic (exact) mass is 296 g/mol. The second-order valence-corrected chi connectivity index (χ2v) is 5.43. The Morgan fingerprint density at radius 1 is 1.27 bits per heavy atom. The van der Waals surface area contributed by atoms with E-state index in [2.05, 4.69) is 4.98 Å². The van der Waals surface area contributed by atoms with Crippen LogP contribution in [-0.2, 0) is 6.42 Å². The molecule has 0 saturated heterocycles. The van der Waals surface area contributed by atoms with Gasteiger partial charge in [-0.05, 0) is 43.3 Å². The molecule has 0 N–H and O–H groups in total. The van der Waals surface area contributed by atoms with Gasteiger partial charge in [0.05, 0.1) is 16.6 Å². The number of halogens is 1. The van der Waals surface area contributed by atoms with Crippen molar-refractivity contribution in [3.63, 3.8) is 0 Å². The van der Waals surface area contributed by atoms with E-state index >= 15 is 0 Å². The van der Waals surface area contributed by atoms with Crippen molar-refractivity contribution in [1.82, 2.24) is 9.55 Å². The van der Waals surface area contributed by atoms with Gasteiger partial charge >= 0.3 is 0 Å². The molecule has 1 atom stereocenters. The molecule has 0 fully saturated rings. The molecule has 2 aromatic heterocycles. The molecule has 4 rings (SSSR count). The largest absolute Gasteiger partial charge is 0.489 e. The first-order valence-electron chi connectivity index (χ1n) is 7.10. The number of fused-ring (bicyclic) bond motifs is 3. The first-order chi connectivity index (χ1) is 10.6. The van der Waals surface area contributed by atoms with Crippen molar-refractivity contribution in [1.29, 1.82) is 0 Å². The Kier molecular flexibility index (Phi) is 2.76. The van der Waals surface area contributed by atoms with Crippen LogP contribution in [0.2, 0.25) is 0 Å². The molecule has 110 valence electrons. The van der Waals surface area contributed by atoms with Crippen LogP contribution in [0.1, 0.15) is 12.5 Å². The molecule has 1 unspecified atom stereocenters. The van der Waals surface area contributed by atoms with Gasteiger partial charge in [0.2, 0.25) is 0 Å². The van der Waals surface area contributed by atoms with E-state index in [0.29, 0.717) is 29.1 Å². The van der Waals surface area contributed by atoms with Crippen LogP contribution in [0.5, 0.6) is 5.75 Å². The molecule has 22 heavy (non-hydrogen) atoms. The highest BCUT2D eigenvalue weighted by Gasteiger charge is 2.27. The predicted octanol–water partition coefficient (Wildman–Crippen LogP) is 2.85. The Morgan fingerprint density at radius 3 is 2.82 bits per heavy atom.